The first-order valence-electron chi connectivity index (χ1n) is 4.28. The Morgan fingerprint density at radius 1 is 1.31 bits per heavy atom. The Labute approximate surface area is 110 Å². The van der Waals surface area contributed by atoms with Crippen molar-refractivity contribution in [3.05, 3.63) is 49.3 Å². The van der Waals surface area contributed by atoms with Crippen molar-refractivity contribution in [3.63, 3.8) is 0 Å². The number of hydrogen-bond acceptors (Lipinski definition) is 2. The highest BCUT2D eigenvalue weighted by molar-refractivity contribution is 9.10. The molecule has 6 heteroatoms. The molecule has 0 radical (unpaired) electrons. The highest BCUT2D eigenvalue weighted by Gasteiger charge is 2.07. The fourth-order valence-electron chi connectivity index (χ4n) is 1.20. The van der Waals surface area contributed by atoms with Crippen molar-refractivity contribution in [2.75, 3.05) is 0 Å². The van der Waals surface area contributed by atoms with Crippen LogP contribution in [0.15, 0.2) is 33.7 Å². The second-order valence-corrected chi connectivity index (χ2v) is 4.73. The van der Waals surface area contributed by atoms with Gasteiger partial charge < -0.3 is 4.98 Å². The second kappa shape index (κ2) is 4.57. The zero-order valence-electron chi connectivity index (χ0n) is 7.80. The number of aromatic nitrogens is 2. The van der Waals surface area contributed by atoms with Gasteiger partial charge in [0, 0.05) is 16.8 Å². The van der Waals surface area contributed by atoms with Gasteiger partial charge in [-0.1, -0.05) is 23.2 Å². The zero-order chi connectivity index (χ0) is 11.7. The van der Waals surface area contributed by atoms with E-state index in [-0.39, 0.29) is 5.56 Å². The van der Waals surface area contributed by atoms with Crippen LogP contribution in [0.25, 0.3) is 11.4 Å². The van der Waals surface area contributed by atoms with E-state index in [1.54, 1.807) is 18.2 Å². The summed E-state index contributed by atoms with van der Waals surface area (Å²) in [5.74, 6) is 0.412. The summed E-state index contributed by atoms with van der Waals surface area (Å²) in [7, 11) is 0. The molecule has 0 saturated heterocycles. The van der Waals surface area contributed by atoms with E-state index in [9.17, 15) is 4.79 Å². The fourth-order valence-corrected chi connectivity index (χ4v) is 1.90. The Morgan fingerprint density at radius 2 is 2.06 bits per heavy atom. The number of rotatable bonds is 1. The smallest absolute Gasteiger partial charge is 0.265 e. The molecular formula is C10H5BrCl2N2O. The van der Waals surface area contributed by atoms with Gasteiger partial charge in [-0.3, -0.25) is 4.79 Å². The average molecular weight is 320 g/mol. The second-order valence-electron chi connectivity index (χ2n) is 3.03. The standard InChI is InChI=1S/C10H5BrCl2N2O/c11-7-4-14-9(15-10(7)16)6-2-1-5(12)3-8(6)13/h1-4H,(H,14,15,16). The van der Waals surface area contributed by atoms with E-state index in [0.29, 0.717) is 25.9 Å². The Bertz CT molecular complexity index is 598. The van der Waals surface area contributed by atoms with E-state index >= 15 is 0 Å². The largest absolute Gasteiger partial charge is 0.306 e. The summed E-state index contributed by atoms with van der Waals surface area (Å²) in [6, 6.07) is 4.99. The Balaban J connectivity index is 2.59. The van der Waals surface area contributed by atoms with Crippen LogP contribution in [-0.2, 0) is 0 Å². The molecule has 0 aliphatic rings. The number of H-pyrrole nitrogens is 1. The summed E-state index contributed by atoms with van der Waals surface area (Å²) in [5, 5.41) is 0.978. The lowest BCUT2D eigenvalue weighted by Gasteiger charge is -2.03. The average Bonchev–Trinajstić information content (AvgIpc) is 2.22. The number of hydrogen-bond donors (Lipinski definition) is 1. The van der Waals surface area contributed by atoms with Gasteiger partial charge in [-0.15, -0.1) is 0 Å². The number of aromatic amines is 1. The van der Waals surface area contributed by atoms with Crippen molar-refractivity contribution < 1.29 is 0 Å². The summed E-state index contributed by atoms with van der Waals surface area (Å²) in [6.45, 7) is 0. The van der Waals surface area contributed by atoms with Crippen molar-refractivity contribution in [3.8, 4) is 11.4 Å². The molecule has 2 aromatic rings. The van der Waals surface area contributed by atoms with Gasteiger partial charge in [0.1, 0.15) is 10.3 Å². The zero-order valence-corrected chi connectivity index (χ0v) is 10.9. The van der Waals surface area contributed by atoms with E-state index in [1.807, 2.05) is 0 Å². The lowest BCUT2D eigenvalue weighted by Crippen LogP contribution is -2.08. The summed E-state index contributed by atoms with van der Waals surface area (Å²) < 4.78 is 0.376. The minimum atomic E-state index is -0.254. The molecule has 0 fully saturated rings. The van der Waals surface area contributed by atoms with Gasteiger partial charge in [-0.25, -0.2) is 4.98 Å². The van der Waals surface area contributed by atoms with Gasteiger partial charge in [0.25, 0.3) is 5.56 Å². The highest BCUT2D eigenvalue weighted by Crippen LogP contribution is 2.27. The van der Waals surface area contributed by atoms with Gasteiger partial charge in [-0.05, 0) is 34.1 Å². The molecule has 0 spiro atoms. The molecule has 0 atom stereocenters. The van der Waals surface area contributed by atoms with Gasteiger partial charge in [0.2, 0.25) is 0 Å². The molecule has 82 valence electrons. The number of halogens is 3. The molecule has 1 aromatic carbocycles. The van der Waals surface area contributed by atoms with E-state index in [0.717, 1.165) is 0 Å². The summed E-state index contributed by atoms with van der Waals surface area (Å²) in [5.41, 5.74) is 0.381. The molecule has 1 N–H and O–H groups in total. The normalized spacial score (nSPS) is 10.4. The number of nitrogens with zero attached hydrogens (tertiary/aromatic N) is 1. The van der Waals surface area contributed by atoms with Crippen molar-refractivity contribution in [1.82, 2.24) is 9.97 Å². The first kappa shape index (κ1) is 11.6. The Hall–Kier alpha value is -0.840. The van der Waals surface area contributed by atoms with E-state index in [4.69, 9.17) is 23.2 Å². The van der Waals surface area contributed by atoms with Crippen molar-refractivity contribution in [2.24, 2.45) is 0 Å². The van der Waals surface area contributed by atoms with Crippen LogP contribution < -0.4 is 5.56 Å². The van der Waals surface area contributed by atoms with Gasteiger partial charge >= 0.3 is 0 Å². The third kappa shape index (κ3) is 2.29. The molecule has 0 unspecified atom stereocenters. The summed E-state index contributed by atoms with van der Waals surface area (Å²) >= 11 is 14.8. The van der Waals surface area contributed by atoms with Crippen molar-refractivity contribution >= 4 is 39.1 Å². The molecule has 0 bridgehead atoms. The predicted octanol–water partition coefficient (Wildman–Crippen LogP) is 3.51. The Morgan fingerprint density at radius 3 is 2.69 bits per heavy atom. The number of nitrogens with one attached hydrogen (secondary N) is 1. The Kier molecular flexibility index (Phi) is 3.33. The first-order valence-corrected chi connectivity index (χ1v) is 5.83. The van der Waals surface area contributed by atoms with Crippen LogP contribution in [0.2, 0.25) is 10.0 Å². The maximum atomic E-state index is 11.4. The minimum absolute atomic E-state index is 0.254. The van der Waals surface area contributed by atoms with Crippen molar-refractivity contribution in [2.45, 2.75) is 0 Å². The van der Waals surface area contributed by atoms with Gasteiger partial charge in [0.05, 0.1) is 5.02 Å². The molecule has 0 aliphatic carbocycles. The molecule has 3 nitrogen and oxygen atoms in total. The van der Waals surface area contributed by atoms with Crippen LogP contribution >= 0.6 is 39.1 Å². The lowest BCUT2D eigenvalue weighted by atomic mass is 10.2. The molecule has 1 heterocycles. The fraction of sp³-hybridized carbons (Fsp3) is 0. The van der Waals surface area contributed by atoms with E-state index < -0.39 is 0 Å². The molecule has 0 aliphatic heterocycles. The van der Waals surface area contributed by atoms with Crippen LogP contribution in [0.3, 0.4) is 0 Å². The highest BCUT2D eigenvalue weighted by atomic mass is 79.9. The molecule has 1 aromatic heterocycles. The predicted molar refractivity (Wildman–Crippen MR) is 68.0 cm³/mol. The quantitative estimate of drug-likeness (QED) is 0.874. The SMILES string of the molecule is O=c1[nH]c(-c2ccc(Cl)cc2Cl)ncc1Br. The maximum absolute atomic E-state index is 11.4. The number of benzene rings is 1. The third-order valence-corrected chi connectivity index (χ3v) is 3.05. The molecule has 2 rings (SSSR count). The topological polar surface area (TPSA) is 45.8 Å². The van der Waals surface area contributed by atoms with Crippen LogP contribution in [0, 0.1) is 0 Å². The molecule has 0 saturated carbocycles. The van der Waals surface area contributed by atoms with Gasteiger partial charge in [0.15, 0.2) is 0 Å². The maximum Gasteiger partial charge on any atom is 0.265 e. The van der Waals surface area contributed by atoms with Crippen LogP contribution in [-0.4, -0.2) is 9.97 Å². The van der Waals surface area contributed by atoms with E-state index in [2.05, 4.69) is 25.9 Å². The summed E-state index contributed by atoms with van der Waals surface area (Å²) in [6.07, 6.45) is 1.43. The van der Waals surface area contributed by atoms with Crippen molar-refractivity contribution in [1.29, 1.82) is 0 Å². The molecule has 16 heavy (non-hydrogen) atoms. The molecular weight excluding hydrogens is 315 g/mol. The summed E-state index contributed by atoms with van der Waals surface area (Å²) in [4.78, 5) is 18.1. The van der Waals surface area contributed by atoms with Crippen LogP contribution in [0.1, 0.15) is 0 Å². The first-order chi connectivity index (χ1) is 7.58. The van der Waals surface area contributed by atoms with Crippen LogP contribution in [0.4, 0.5) is 0 Å². The third-order valence-electron chi connectivity index (χ3n) is 1.94. The lowest BCUT2D eigenvalue weighted by molar-refractivity contribution is 1.11. The minimum Gasteiger partial charge on any atom is -0.306 e. The van der Waals surface area contributed by atoms with Crippen LogP contribution in [0.5, 0.6) is 0 Å². The monoisotopic (exact) mass is 318 g/mol. The van der Waals surface area contributed by atoms with E-state index in [1.165, 1.54) is 6.20 Å². The molecule has 0 amide bonds. The van der Waals surface area contributed by atoms with Gasteiger partial charge in [-0.2, -0.15) is 0 Å².